The molecule has 0 atom stereocenters. The van der Waals surface area contributed by atoms with Crippen molar-refractivity contribution >= 4 is 17.1 Å². The van der Waals surface area contributed by atoms with Crippen molar-refractivity contribution in [2.24, 2.45) is 0 Å². The molecule has 1 N–H and O–H groups in total. The van der Waals surface area contributed by atoms with Gasteiger partial charge in [0, 0.05) is 17.3 Å². The second-order valence-corrected chi connectivity index (χ2v) is 4.64. The van der Waals surface area contributed by atoms with Gasteiger partial charge in [0.1, 0.15) is 11.5 Å². The molecule has 0 saturated carbocycles. The summed E-state index contributed by atoms with van der Waals surface area (Å²) in [6.07, 6.45) is 1.53. The zero-order valence-electron chi connectivity index (χ0n) is 10.6. The van der Waals surface area contributed by atoms with Crippen LogP contribution in [0.4, 0.5) is 0 Å². The number of carbonyl (C=O) groups is 1. The number of ketones is 1. The smallest absolute Gasteiger partial charge is 0.199 e. The molecule has 0 radical (unpaired) electrons. The lowest BCUT2D eigenvalue weighted by Crippen LogP contribution is -2.01. The van der Waals surface area contributed by atoms with Gasteiger partial charge in [-0.05, 0) is 49.2 Å². The number of fused-ring (bicyclic) bond motifs is 1. The minimum atomic E-state index is -0.198. The zero-order valence-corrected chi connectivity index (χ0v) is 10.6. The molecule has 0 aliphatic heterocycles. The van der Waals surface area contributed by atoms with Crippen LogP contribution in [0.5, 0.6) is 0 Å². The minimum Gasteiger partial charge on any atom is -0.506 e. The van der Waals surface area contributed by atoms with Crippen LogP contribution < -0.4 is 0 Å². The molecule has 1 aliphatic rings. The van der Waals surface area contributed by atoms with E-state index in [1.54, 1.807) is 12.1 Å². The second-order valence-electron chi connectivity index (χ2n) is 4.64. The fourth-order valence-corrected chi connectivity index (χ4v) is 2.25. The molecule has 1 aromatic heterocycles. The van der Waals surface area contributed by atoms with Gasteiger partial charge in [0.2, 0.25) is 0 Å². The average Bonchev–Trinajstić information content (AvgIpc) is 2.64. The van der Waals surface area contributed by atoms with Crippen molar-refractivity contribution in [1.82, 2.24) is 10.2 Å². The molecule has 0 saturated heterocycles. The van der Waals surface area contributed by atoms with E-state index in [9.17, 15) is 9.90 Å². The second kappa shape index (κ2) is 4.02. The van der Waals surface area contributed by atoms with E-state index in [4.69, 9.17) is 0 Å². The maximum atomic E-state index is 12.4. The van der Waals surface area contributed by atoms with Crippen molar-refractivity contribution < 1.29 is 9.90 Å². The molecular weight excluding hydrogens is 240 g/mol. The standard InChI is InChI=1S/C15H12N2O2/c1-8-6-10-11(7-9(8)2)15(19)13(14(10)18)12-4-3-5-16-17-12/h3-7,18H,1-2H3. The molecular formula is C15H12N2O2. The number of aliphatic hydroxyl groups excluding tert-OH is 1. The molecule has 0 bridgehead atoms. The van der Waals surface area contributed by atoms with Crippen LogP contribution in [-0.4, -0.2) is 21.1 Å². The van der Waals surface area contributed by atoms with Crippen molar-refractivity contribution in [2.75, 3.05) is 0 Å². The van der Waals surface area contributed by atoms with E-state index in [1.807, 2.05) is 26.0 Å². The van der Waals surface area contributed by atoms with Crippen LogP contribution in [-0.2, 0) is 0 Å². The summed E-state index contributed by atoms with van der Waals surface area (Å²) in [7, 11) is 0. The first kappa shape index (κ1) is 11.6. The summed E-state index contributed by atoms with van der Waals surface area (Å²) in [6, 6.07) is 7.01. The van der Waals surface area contributed by atoms with Crippen molar-refractivity contribution in [2.45, 2.75) is 13.8 Å². The van der Waals surface area contributed by atoms with E-state index in [-0.39, 0.29) is 17.1 Å². The number of Topliss-reactive ketones (excluding diaryl/α,β-unsaturated/α-hetero) is 1. The number of carbonyl (C=O) groups excluding carboxylic acids is 1. The van der Waals surface area contributed by atoms with Crippen molar-refractivity contribution in [3.05, 3.63) is 58.4 Å². The molecule has 94 valence electrons. The molecule has 1 aliphatic carbocycles. The van der Waals surface area contributed by atoms with Crippen LogP contribution in [0.1, 0.15) is 32.7 Å². The highest BCUT2D eigenvalue weighted by Gasteiger charge is 2.32. The zero-order chi connectivity index (χ0) is 13.6. The maximum Gasteiger partial charge on any atom is 0.199 e. The summed E-state index contributed by atoms with van der Waals surface area (Å²) in [5, 5.41) is 17.9. The predicted molar refractivity (Wildman–Crippen MR) is 71.7 cm³/mol. The summed E-state index contributed by atoms with van der Waals surface area (Å²) in [5.74, 6) is -0.209. The van der Waals surface area contributed by atoms with Gasteiger partial charge in [-0.15, -0.1) is 0 Å². The lowest BCUT2D eigenvalue weighted by Gasteiger charge is -2.04. The van der Waals surface area contributed by atoms with E-state index in [2.05, 4.69) is 10.2 Å². The van der Waals surface area contributed by atoms with Crippen LogP contribution in [0, 0.1) is 13.8 Å². The molecule has 2 aromatic rings. The van der Waals surface area contributed by atoms with E-state index in [0.717, 1.165) is 11.1 Å². The Balaban J connectivity index is 2.23. The Labute approximate surface area is 110 Å². The SMILES string of the molecule is Cc1cc2c(cc1C)C(O)=C(c1cccnn1)C2=O. The molecule has 19 heavy (non-hydrogen) atoms. The summed E-state index contributed by atoms with van der Waals surface area (Å²) in [4.78, 5) is 12.4. The number of nitrogens with zero attached hydrogens (tertiary/aromatic N) is 2. The summed E-state index contributed by atoms with van der Waals surface area (Å²) >= 11 is 0. The number of hydrogen-bond acceptors (Lipinski definition) is 4. The third-order valence-electron chi connectivity index (χ3n) is 3.43. The number of allylic oxidation sites excluding steroid dienone is 1. The Morgan fingerprint density at radius 2 is 1.79 bits per heavy atom. The predicted octanol–water partition coefficient (Wildman–Crippen LogP) is 2.72. The summed E-state index contributed by atoms with van der Waals surface area (Å²) in [6.45, 7) is 3.90. The van der Waals surface area contributed by atoms with Gasteiger partial charge in [0.15, 0.2) is 5.78 Å². The molecule has 0 fully saturated rings. The van der Waals surface area contributed by atoms with Crippen LogP contribution >= 0.6 is 0 Å². The van der Waals surface area contributed by atoms with E-state index in [1.165, 1.54) is 6.20 Å². The van der Waals surface area contributed by atoms with E-state index < -0.39 is 0 Å². The van der Waals surface area contributed by atoms with Crippen LogP contribution in [0.2, 0.25) is 0 Å². The molecule has 0 unspecified atom stereocenters. The third-order valence-corrected chi connectivity index (χ3v) is 3.43. The first-order valence-corrected chi connectivity index (χ1v) is 5.97. The number of aliphatic hydroxyl groups is 1. The fourth-order valence-electron chi connectivity index (χ4n) is 2.25. The molecule has 4 heteroatoms. The Morgan fingerprint density at radius 3 is 2.42 bits per heavy atom. The van der Waals surface area contributed by atoms with Crippen molar-refractivity contribution in [3.8, 4) is 0 Å². The van der Waals surface area contributed by atoms with E-state index >= 15 is 0 Å². The average molecular weight is 252 g/mol. The van der Waals surface area contributed by atoms with Crippen molar-refractivity contribution in [1.29, 1.82) is 0 Å². The van der Waals surface area contributed by atoms with Gasteiger partial charge in [0.05, 0.1) is 5.57 Å². The van der Waals surface area contributed by atoms with Gasteiger partial charge in [-0.25, -0.2) is 0 Å². The highest BCUT2D eigenvalue weighted by molar-refractivity contribution is 6.38. The van der Waals surface area contributed by atoms with Crippen LogP contribution in [0.25, 0.3) is 11.3 Å². The molecule has 1 aromatic carbocycles. The quantitative estimate of drug-likeness (QED) is 0.847. The Hall–Kier alpha value is -2.49. The molecule has 0 spiro atoms. The molecule has 1 heterocycles. The topological polar surface area (TPSA) is 63.1 Å². The number of hydrogen-bond donors (Lipinski definition) is 1. The highest BCUT2D eigenvalue weighted by Crippen LogP contribution is 2.37. The van der Waals surface area contributed by atoms with Gasteiger partial charge < -0.3 is 5.11 Å². The largest absolute Gasteiger partial charge is 0.506 e. The van der Waals surface area contributed by atoms with Gasteiger partial charge in [-0.3, -0.25) is 4.79 Å². The number of aromatic nitrogens is 2. The summed E-state index contributed by atoms with van der Waals surface area (Å²) in [5.41, 5.74) is 3.80. The van der Waals surface area contributed by atoms with Crippen LogP contribution in [0.3, 0.4) is 0 Å². The maximum absolute atomic E-state index is 12.4. The van der Waals surface area contributed by atoms with Gasteiger partial charge >= 0.3 is 0 Å². The minimum absolute atomic E-state index is 0.0106. The Kier molecular flexibility index (Phi) is 2.45. The fraction of sp³-hybridized carbons (Fsp3) is 0.133. The molecule has 4 nitrogen and oxygen atoms in total. The number of rotatable bonds is 1. The first-order chi connectivity index (χ1) is 9.09. The van der Waals surface area contributed by atoms with Gasteiger partial charge in [-0.2, -0.15) is 10.2 Å². The lowest BCUT2D eigenvalue weighted by atomic mass is 10.0. The first-order valence-electron chi connectivity index (χ1n) is 5.97. The van der Waals surface area contributed by atoms with Gasteiger partial charge in [0.25, 0.3) is 0 Å². The normalized spacial score (nSPS) is 13.9. The summed E-state index contributed by atoms with van der Waals surface area (Å²) < 4.78 is 0. The monoisotopic (exact) mass is 252 g/mol. The van der Waals surface area contributed by atoms with Crippen molar-refractivity contribution in [3.63, 3.8) is 0 Å². The third kappa shape index (κ3) is 1.64. The number of benzene rings is 1. The van der Waals surface area contributed by atoms with Crippen LogP contribution in [0.15, 0.2) is 30.5 Å². The van der Waals surface area contributed by atoms with E-state index in [0.29, 0.717) is 16.8 Å². The molecule has 0 amide bonds. The van der Waals surface area contributed by atoms with Gasteiger partial charge in [-0.1, -0.05) is 0 Å². The highest BCUT2D eigenvalue weighted by atomic mass is 16.3. The lowest BCUT2D eigenvalue weighted by molar-refractivity contribution is 0.105. The Morgan fingerprint density at radius 1 is 1.11 bits per heavy atom. The Bertz CT molecular complexity index is 718. The number of aryl methyl sites for hydroxylation is 2. The molecule has 3 rings (SSSR count).